The van der Waals surface area contributed by atoms with E-state index in [4.69, 9.17) is 0 Å². The summed E-state index contributed by atoms with van der Waals surface area (Å²) in [6.07, 6.45) is 2.88. The molecule has 0 atom stereocenters. The van der Waals surface area contributed by atoms with E-state index < -0.39 is 0 Å². The smallest absolute Gasteiger partial charge is 0.0300 e. The van der Waals surface area contributed by atoms with E-state index in [1.54, 1.807) is 0 Å². The molecule has 120 valence electrons. The molecule has 0 spiro atoms. The molecule has 1 aliphatic carbocycles. The molecule has 21 heavy (non-hydrogen) atoms. The average molecular weight is 309 g/mol. The van der Waals surface area contributed by atoms with Gasteiger partial charge in [-0.25, -0.2) is 0 Å². The van der Waals surface area contributed by atoms with Gasteiger partial charge in [-0.3, -0.25) is 4.90 Å². The second-order valence-electron chi connectivity index (χ2n) is 7.29. The van der Waals surface area contributed by atoms with Crippen LogP contribution in [-0.4, -0.2) is 24.0 Å². The topological polar surface area (TPSA) is 15.3 Å². The van der Waals surface area contributed by atoms with Crippen LogP contribution < -0.4 is 5.32 Å². The van der Waals surface area contributed by atoms with Gasteiger partial charge in [0, 0.05) is 35.4 Å². The number of rotatable bonds is 9. The molecule has 1 N–H and O–H groups in total. The first-order chi connectivity index (χ1) is 9.95. The summed E-state index contributed by atoms with van der Waals surface area (Å²) in [5.41, 5.74) is 1.54. The van der Waals surface area contributed by atoms with Crippen molar-refractivity contribution in [3.05, 3.63) is 21.4 Å². The van der Waals surface area contributed by atoms with Crippen molar-refractivity contribution in [2.45, 2.75) is 66.6 Å². The van der Waals surface area contributed by atoms with Crippen LogP contribution in [-0.2, 0) is 13.1 Å². The minimum Gasteiger partial charge on any atom is -0.312 e. The van der Waals surface area contributed by atoms with Crippen molar-refractivity contribution in [3.8, 4) is 0 Å². The Hall–Kier alpha value is -0.380. The summed E-state index contributed by atoms with van der Waals surface area (Å²) < 4.78 is 0. The molecule has 0 aliphatic heterocycles. The van der Waals surface area contributed by atoms with E-state index in [1.165, 1.54) is 34.7 Å². The zero-order valence-corrected chi connectivity index (χ0v) is 15.2. The first kappa shape index (κ1) is 17.0. The largest absolute Gasteiger partial charge is 0.312 e. The number of hydrogen-bond acceptors (Lipinski definition) is 3. The van der Waals surface area contributed by atoms with E-state index >= 15 is 0 Å². The molecule has 0 saturated heterocycles. The predicted octanol–water partition coefficient (Wildman–Crippen LogP) is 4.42. The zero-order chi connectivity index (χ0) is 15.4. The fourth-order valence-corrected chi connectivity index (χ4v) is 3.65. The Morgan fingerprint density at radius 3 is 2.57 bits per heavy atom. The Balaban J connectivity index is 1.90. The molecule has 0 radical (unpaired) electrons. The molecule has 1 aliphatic rings. The lowest BCUT2D eigenvalue weighted by Crippen LogP contribution is -2.32. The summed E-state index contributed by atoms with van der Waals surface area (Å²) in [5, 5.41) is 3.56. The molecule has 1 aromatic rings. The Kier molecular flexibility index (Phi) is 6.27. The van der Waals surface area contributed by atoms with Gasteiger partial charge in [0.2, 0.25) is 0 Å². The van der Waals surface area contributed by atoms with E-state index in [2.05, 4.69) is 50.9 Å². The molecule has 1 fully saturated rings. The third kappa shape index (κ3) is 5.72. The summed E-state index contributed by atoms with van der Waals surface area (Å²) in [6.45, 7) is 16.0. The lowest BCUT2D eigenvalue weighted by molar-refractivity contribution is 0.203. The van der Waals surface area contributed by atoms with Crippen LogP contribution in [0.25, 0.3) is 0 Å². The van der Waals surface area contributed by atoms with Gasteiger partial charge < -0.3 is 5.32 Å². The van der Waals surface area contributed by atoms with Crippen molar-refractivity contribution in [1.29, 1.82) is 0 Å². The Morgan fingerprint density at radius 1 is 1.29 bits per heavy atom. The van der Waals surface area contributed by atoms with Crippen molar-refractivity contribution < 1.29 is 0 Å². The number of nitrogens with one attached hydrogen (secondary N) is 1. The van der Waals surface area contributed by atoms with Gasteiger partial charge in [0.15, 0.2) is 0 Å². The second kappa shape index (κ2) is 7.75. The van der Waals surface area contributed by atoms with E-state index in [9.17, 15) is 0 Å². The van der Waals surface area contributed by atoms with Crippen molar-refractivity contribution in [2.24, 2.45) is 11.8 Å². The molecular formula is C18H32N2S. The normalized spacial score (nSPS) is 15.6. The quantitative estimate of drug-likeness (QED) is 0.726. The summed E-state index contributed by atoms with van der Waals surface area (Å²) in [4.78, 5) is 5.63. The fourth-order valence-electron chi connectivity index (χ4n) is 2.62. The average Bonchev–Trinajstić information content (AvgIpc) is 3.13. The van der Waals surface area contributed by atoms with E-state index in [-0.39, 0.29) is 0 Å². The van der Waals surface area contributed by atoms with Crippen LogP contribution >= 0.6 is 11.3 Å². The highest BCUT2D eigenvalue weighted by molar-refractivity contribution is 7.12. The van der Waals surface area contributed by atoms with Crippen LogP contribution in [0.1, 0.15) is 55.9 Å². The van der Waals surface area contributed by atoms with Crippen molar-refractivity contribution in [1.82, 2.24) is 10.2 Å². The number of thiophene rings is 1. The van der Waals surface area contributed by atoms with Gasteiger partial charge in [-0.05, 0) is 63.6 Å². The maximum absolute atomic E-state index is 3.56. The Morgan fingerprint density at radius 2 is 2.00 bits per heavy atom. The number of aryl methyl sites for hydroxylation is 1. The maximum Gasteiger partial charge on any atom is 0.0300 e. The van der Waals surface area contributed by atoms with Crippen molar-refractivity contribution in [2.75, 3.05) is 13.1 Å². The SMILES string of the molecule is Cc1sc(CNCC(C)C)cc1CN(CC1CC1)C(C)C. The van der Waals surface area contributed by atoms with Crippen molar-refractivity contribution in [3.63, 3.8) is 0 Å². The molecule has 1 heterocycles. The van der Waals surface area contributed by atoms with Gasteiger partial charge in [-0.2, -0.15) is 0 Å². The second-order valence-corrected chi connectivity index (χ2v) is 8.63. The summed E-state index contributed by atoms with van der Waals surface area (Å²) in [6, 6.07) is 3.07. The van der Waals surface area contributed by atoms with Gasteiger partial charge >= 0.3 is 0 Å². The number of nitrogens with zero attached hydrogens (tertiary/aromatic N) is 1. The van der Waals surface area contributed by atoms with Crippen LogP contribution in [0, 0.1) is 18.8 Å². The molecule has 2 nitrogen and oxygen atoms in total. The molecule has 0 bridgehead atoms. The van der Waals surface area contributed by atoms with Gasteiger partial charge in [0.05, 0.1) is 0 Å². The Labute approximate surface area is 134 Å². The van der Waals surface area contributed by atoms with Crippen molar-refractivity contribution >= 4 is 11.3 Å². The van der Waals surface area contributed by atoms with Crippen LogP contribution in [0.2, 0.25) is 0 Å². The van der Waals surface area contributed by atoms with Gasteiger partial charge in [-0.1, -0.05) is 13.8 Å². The minimum absolute atomic E-state index is 0.646. The van der Waals surface area contributed by atoms with E-state index in [0.29, 0.717) is 6.04 Å². The van der Waals surface area contributed by atoms with E-state index in [1.807, 2.05) is 11.3 Å². The summed E-state index contributed by atoms with van der Waals surface area (Å²) in [7, 11) is 0. The lowest BCUT2D eigenvalue weighted by atomic mass is 10.2. The highest BCUT2D eigenvalue weighted by Crippen LogP contribution is 2.31. The third-order valence-corrected chi connectivity index (χ3v) is 5.31. The minimum atomic E-state index is 0.646. The summed E-state index contributed by atoms with van der Waals surface area (Å²) >= 11 is 1.97. The molecule has 3 heteroatoms. The van der Waals surface area contributed by atoms with Crippen LogP contribution in [0.5, 0.6) is 0 Å². The predicted molar refractivity (Wildman–Crippen MR) is 93.9 cm³/mol. The molecule has 1 saturated carbocycles. The zero-order valence-electron chi connectivity index (χ0n) is 14.4. The molecule has 0 unspecified atom stereocenters. The third-order valence-electron chi connectivity index (χ3n) is 4.22. The fraction of sp³-hybridized carbons (Fsp3) is 0.778. The lowest BCUT2D eigenvalue weighted by Gasteiger charge is -2.26. The number of hydrogen-bond donors (Lipinski definition) is 1. The van der Waals surface area contributed by atoms with Crippen LogP contribution in [0.4, 0.5) is 0 Å². The molecular weight excluding hydrogens is 276 g/mol. The monoisotopic (exact) mass is 308 g/mol. The van der Waals surface area contributed by atoms with E-state index in [0.717, 1.165) is 31.5 Å². The standard InChI is InChI=1S/C18H32N2S/c1-13(2)9-19-10-18-8-17(15(5)21-18)12-20(14(3)4)11-16-6-7-16/h8,13-14,16,19H,6-7,9-12H2,1-5H3. The molecule has 0 aromatic carbocycles. The van der Waals surface area contributed by atoms with Crippen LogP contribution in [0.3, 0.4) is 0 Å². The molecule has 0 amide bonds. The van der Waals surface area contributed by atoms with Gasteiger partial charge in [-0.15, -0.1) is 11.3 Å². The van der Waals surface area contributed by atoms with Crippen LogP contribution in [0.15, 0.2) is 6.07 Å². The maximum atomic E-state index is 3.56. The van der Waals surface area contributed by atoms with Gasteiger partial charge in [0.25, 0.3) is 0 Å². The summed E-state index contributed by atoms with van der Waals surface area (Å²) in [5.74, 6) is 1.69. The first-order valence-electron chi connectivity index (χ1n) is 8.48. The van der Waals surface area contributed by atoms with Gasteiger partial charge in [0.1, 0.15) is 0 Å². The highest BCUT2D eigenvalue weighted by atomic mass is 32.1. The highest BCUT2D eigenvalue weighted by Gasteiger charge is 2.25. The molecule has 2 rings (SSSR count). The Bertz CT molecular complexity index is 432. The first-order valence-corrected chi connectivity index (χ1v) is 9.30. The molecule has 1 aromatic heterocycles.